The largest absolute Gasteiger partial charge is 0.486 e. The lowest BCUT2D eigenvalue weighted by atomic mass is 10.1. The Balaban J connectivity index is 1.45. The van der Waals surface area contributed by atoms with Crippen LogP contribution in [0.15, 0.2) is 37.2 Å². The van der Waals surface area contributed by atoms with Crippen molar-refractivity contribution in [3.05, 3.63) is 53.8 Å². The van der Waals surface area contributed by atoms with Crippen LogP contribution in [-0.2, 0) is 4.79 Å². The van der Waals surface area contributed by atoms with Crippen LogP contribution in [0.2, 0.25) is 5.02 Å². The number of benzene rings is 1. The van der Waals surface area contributed by atoms with Crippen LogP contribution in [0.25, 0.3) is 11.0 Å². The molecule has 1 saturated carbocycles. The normalized spacial score (nSPS) is 16.4. The minimum atomic E-state index is -2.75. The van der Waals surface area contributed by atoms with Gasteiger partial charge in [0.2, 0.25) is 5.91 Å². The molecular formula is C24H21ClF4N6O2. The Bertz CT molecular complexity index is 1390. The predicted molar refractivity (Wildman–Crippen MR) is 130 cm³/mol. The number of hydrogen-bond acceptors (Lipinski definition) is 7. The maximum absolute atomic E-state index is 15.1. The van der Waals surface area contributed by atoms with E-state index in [0.717, 1.165) is 12.8 Å². The summed E-state index contributed by atoms with van der Waals surface area (Å²) in [5.74, 6) is -1.77. The predicted octanol–water partition coefficient (Wildman–Crippen LogP) is 4.71. The summed E-state index contributed by atoms with van der Waals surface area (Å²) in [5.41, 5.74) is -0.129. The van der Waals surface area contributed by atoms with E-state index in [1.165, 1.54) is 30.6 Å². The van der Waals surface area contributed by atoms with Gasteiger partial charge in [-0.15, -0.1) is 0 Å². The van der Waals surface area contributed by atoms with Gasteiger partial charge in [0.1, 0.15) is 29.2 Å². The zero-order valence-corrected chi connectivity index (χ0v) is 20.1. The summed E-state index contributed by atoms with van der Waals surface area (Å²) in [4.78, 5) is 28.5. The first-order chi connectivity index (χ1) is 17.7. The fraction of sp³-hybridized carbons (Fsp3) is 0.333. The molecule has 1 saturated heterocycles. The molecule has 1 amide bonds. The highest BCUT2D eigenvalue weighted by atomic mass is 35.5. The van der Waals surface area contributed by atoms with Gasteiger partial charge in [0.15, 0.2) is 23.3 Å². The summed E-state index contributed by atoms with van der Waals surface area (Å²) >= 11 is 5.97. The van der Waals surface area contributed by atoms with Gasteiger partial charge in [-0.2, -0.15) is 0 Å². The Morgan fingerprint density at radius 3 is 2.76 bits per heavy atom. The molecule has 37 heavy (non-hydrogen) atoms. The van der Waals surface area contributed by atoms with Gasteiger partial charge in [0.25, 0.3) is 6.43 Å². The number of aromatic nitrogens is 3. The first-order valence-electron chi connectivity index (χ1n) is 11.4. The number of alkyl halides is 2. The van der Waals surface area contributed by atoms with Crippen LogP contribution in [0.3, 0.4) is 0 Å². The van der Waals surface area contributed by atoms with Crippen LogP contribution in [0.4, 0.5) is 34.9 Å². The molecule has 0 radical (unpaired) electrons. The van der Waals surface area contributed by atoms with E-state index in [-0.39, 0.29) is 45.6 Å². The van der Waals surface area contributed by atoms with Gasteiger partial charge in [0.05, 0.1) is 16.7 Å². The molecule has 2 aromatic heterocycles. The Labute approximate surface area is 213 Å². The van der Waals surface area contributed by atoms with Gasteiger partial charge in [-0.1, -0.05) is 18.2 Å². The number of anilines is 3. The molecule has 2 aliphatic rings. The van der Waals surface area contributed by atoms with Crippen molar-refractivity contribution in [3.63, 3.8) is 0 Å². The highest BCUT2D eigenvalue weighted by Crippen LogP contribution is 2.45. The lowest BCUT2D eigenvalue weighted by molar-refractivity contribution is -0.129. The van der Waals surface area contributed by atoms with E-state index in [4.69, 9.17) is 16.3 Å². The van der Waals surface area contributed by atoms with Gasteiger partial charge in [0, 0.05) is 25.7 Å². The fourth-order valence-corrected chi connectivity index (χ4v) is 4.69. The molecule has 3 heterocycles. The molecule has 0 unspecified atom stereocenters. The van der Waals surface area contributed by atoms with Crippen molar-refractivity contribution in [2.75, 3.05) is 36.5 Å². The second-order valence-electron chi connectivity index (χ2n) is 8.79. The van der Waals surface area contributed by atoms with Crippen LogP contribution in [-0.4, -0.2) is 64.0 Å². The molecule has 1 aliphatic carbocycles. The molecule has 1 aliphatic heterocycles. The van der Waals surface area contributed by atoms with Crippen molar-refractivity contribution in [3.8, 4) is 5.75 Å². The summed E-state index contributed by atoms with van der Waals surface area (Å²) in [7, 11) is 0. The summed E-state index contributed by atoms with van der Waals surface area (Å²) in [6.45, 7) is 3.79. The average molecular weight is 537 g/mol. The Kier molecular flexibility index (Phi) is 6.52. The van der Waals surface area contributed by atoms with Gasteiger partial charge in [-0.3, -0.25) is 4.79 Å². The minimum Gasteiger partial charge on any atom is -0.486 e. The summed E-state index contributed by atoms with van der Waals surface area (Å²) < 4.78 is 59.7. The third-order valence-corrected chi connectivity index (χ3v) is 6.78. The first-order valence-corrected chi connectivity index (χ1v) is 11.8. The van der Waals surface area contributed by atoms with Gasteiger partial charge >= 0.3 is 0 Å². The van der Waals surface area contributed by atoms with Crippen molar-refractivity contribution in [2.24, 2.45) is 0 Å². The molecule has 2 fully saturated rings. The summed E-state index contributed by atoms with van der Waals surface area (Å²) in [6, 6.07) is 3.72. The molecule has 1 N–H and O–H groups in total. The smallest absolute Gasteiger partial charge is 0.272 e. The quantitative estimate of drug-likeness (QED) is 0.346. The first kappa shape index (κ1) is 25.0. The number of nitrogens with zero attached hydrogens (tertiary/aromatic N) is 5. The molecule has 13 heteroatoms. The van der Waals surface area contributed by atoms with Crippen molar-refractivity contribution in [1.29, 1.82) is 0 Å². The summed E-state index contributed by atoms with van der Waals surface area (Å²) in [6.07, 6.45) is 1.30. The molecule has 0 bridgehead atoms. The topological polar surface area (TPSA) is 83.5 Å². The summed E-state index contributed by atoms with van der Waals surface area (Å²) in [5, 5.41) is 2.29. The van der Waals surface area contributed by atoms with Gasteiger partial charge in [-0.05, 0) is 31.1 Å². The van der Waals surface area contributed by atoms with Crippen molar-refractivity contribution >= 4 is 45.9 Å². The van der Waals surface area contributed by atoms with E-state index in [2.05, 4.69) is 26.8 Å². The zero-order chi connectivity index (χ0) is 26.3. The number of fused-ring (bicyclic) bond motifs is 1. The highest BCUT2D eigenvalue weighted by molar-refractivity contribution is 6.32. The van der Waals surface area contributed by atoms with Crippen LogP contribution in [0, 0.1) is 11.6 Å². The number of ether oxygens (including phenoxy) is 1. The van der Waals surface area contributed by atoms with Crippen LogP contribution in [0.1, 0.15) is 12.8 Å². The number of nitrogens with one attached hydrogen (secondary N) is 1. The number of piperazine rings is 1. The molecule has 194 valence electrons. The number of amides is 1. The Morgan fingerprint density at radius 1 is 1.27 bits per heavy atom. The zero-order valence-electron chi connectivity index (χ0n) is 19.4. The molecule has 1 spiro atoms. The van der Waals surface area contributed by atoms with E-state index in [1.54, 1.807) is 9.80 Å². The monoisotopic (exact) mass is 536 g/mol. The number of carbonyl (C=O) groups excluding carboxylic acids is 1. The molecule has 0 atom stereocenters. The maximum Gasteiger partial charge on any atom is 0.272 e. The van der Waals surface area contributed by atoms with E-state index in [0.29, 0.717) is 19.6 Å². The van der Waals surface area contributed by atoms with Gasteiger partial charge < -0.3 is 19.9 Å². The third-order valence-electron chi connectivity index (χ3n) is 6.43. The minimum absolute atomic E-state index is 0.0663. The lowest BCUT2D eigenvalue weighted by Gasteiger charge is -2.42. The third kappa shape index (κ3) is 4.73. The second kappa shape index (κ2) is 9.66. The molecule has 8 nitrogen and oxygen atoms in total. The van der Waals surface area contributed by atoms with Crippen molar-refractivity contribution < 1.29 is 27.1 Å². The number of halogens is 5. The molecule has 3 aromatic rings. The average Bonchev–Trinajstić information content (AvgIpc) is 3.64. The van der Waals surface area contributed by atoms with Gasteiger partial charge in [-0.25, -0.2) is 32.5 Å². The van der Waals surface area contributed by atoms with Crippen LogP contribution in [0.5, 0.6) is 5.75 Å². The fourth-order valence-electron chi connectivity index (χ4n) is 4.47. The molecular weight excluding hydrogens is 516 g/mol. The van der Waals surface area contributed by atoms with E-state index in [1.807, 2.05) is 0 Å². The highest BCUT2D eigenvalue weighted by Gasteiger charge is 2.53. The maximum atomic E-state index is 15.1. The van der Waals surface area contributed by atoms with E-state index >= 15 is 4.39 Å². The van der Waals surface area contributed by atoms with Crippen molar-refractivity contribution in [1.82, 2.24) is 19.9 Å². The van der Waals surface area contributed by atoms with Crippen molar-refractivity contribution in [2.45, 2.75) is 24.8 Å². The standard InChI is InChI=1S/C24H21ClF4N6O2/c1-2-18(36)35-8-7-34(11-24(35)5-6-24)23-13(26)9-15-21(33-23)22(31-12-30-15)32-14-3-4-16(19(25)20(14)29)37-10-17(27)28/h2-4,9,12,17H,1,5-8,10-11H2,(H,30,31,32). The van der Waals surface area contributed by atoms with E-state index in [9.17, 15) is 18.0 Å². The lowest BCUT2D eigenvalue weighted by Crippen LogP contribution is -2.57. The Morgan fingerprint density at radius 2 is 2.05 bits per heavy atom. The number of rotatable bonds is 7. The molecule has 5 rings (SSSR count). The Hall–Kier alpha value is -3.67. The second-order valence-corrected chi connectivity index (χ2v) is 9.17. The van der Waals surface area contributed by atoms with Crippen LogP contribution < -0.4 is 15.0 Å². The molecule has 1 aromatic carbocycles. The SMILES string of the molecule is C=CC(=O)N1CCN(c2nc3c(Nc4ccc(OCC(F)F)c(Cl)c4F)ncnc3cc2F)CC12CC2. The number of pyridine rings is 1. The van der Waals surface area contributed by atoms with E-state index < -0.39 is 29.7 Å². The number of hydrogen-bond donors (Lipinski definition) is 1. The van der Waals surface area contributed by atoms with Crippen LogP contribution >= 0.6 is 11.6 Å². The number of carbonyl (C=O) groups is 1.